The first-order chi connectivity index (χ1) is 40.7. The maximum absolute atomic E-state index is 14.5. The molecule has 3 aliphatic heterocycles. The van der Waals surface area contributed by atoms with Crippen LogP contribution in [0.15, 0.2) is 97.1 Å². The molecule has 3 fully saturated rings. The van der Waals surface area contributed by atoms with Gasteiger partial charge in [0.25, 0.3) is 5.91 Å². The van der Waals surface area contributed by atoms with Crippen molar-refractivity contribution in [3.8, 4) is 28.0 Å². The van der Waals surface area contributed by atoms with Crippen LogP contribution >= 0.6 is 7.60 Å². The van der Waals surface area contributed by atoms with Crippen molar-refractivity contribution in [2.45, 2.75) is 145 Å². The number of nitrogens with one attached hydrogen (secondary N) is 5. The smallest absolute Gasteiger partial charge is 0.358 e. The predicted octanol–water partition coefficient (Wildman–Crippen LogP) is -1.18. The van der Waals surface area contributed by atoms with Crippen molar-refractivity contribution < 1.29 is 93.1 Å². The van der Waals surface area contributed by atoms with Crippen LogP contribution in [0.5, 0.6) is 5.75 Å². The van der Waals surface area contributed by atoms with Crippen LogP contribution < -0.4 is 36.6 Å². The van der Waals surface area contributed by atoms with Crippen molar-refractivity contribution in [3.05, 3.63) is 108 Å². The van der Waals surface area contributed by atoms with Crippen LogP contribution in [-0.2, 0) is 37.9 Å². The van der Waals surface area contributed by atoms with Gasteiger partial charge in [0.15, 0.2) is 6.23 Å². The zero-order valence-electron chi connectivity index (χ0n) is 48.0. The Balaban J connectivity index is 1.18. The average molecular weight is 1220 g/mol. The summed E-state index contributed by atoms with van der Waals surface area (Å²) < 4.78 is 23.0. The molecule has 3 aliphatic rings. The molecule has 7 rings (SSSR count). The SMILES string of the molecule is CCCCCOc1ccc(-c2ccc(-c3ccc(C(=O)N[C@H]4C[C@@H](O)[C@@H](O)NC(=O)[C@@H]5[C@@H](O)[C@@H](C)CN5C(=O)[C@H]([C@@H](C)O)NC(=O)[C@H]([C@H](O)[C@@H](O)c5ccc(P(=O)(O)OC)cc5)NC(=O)[C@@H]5C[C@@H](O)CN5C(=O)[C@H]([C@@H](C)O)NC4=O)cc3)cc2)cc1. The number of fused-ring (bicyclic) bond motifs is 2. The van der Waals surface area contributed by atoms with E-state index < -0.39 is 166 Å². The van der Waals surface area contributed by atoms with Gasteiger partial charge in [-0.15, -0.1) is 0 Å². The van der Waals surface area contributed by atoms with Gasteiger partial charge in [-0.05, 0) is 84.5 Å². The van der Waals surface area contributed by atoms with E-state index in [0.717, 1.165) is 96.7 Å². The summed E-state index contributed by atoms with van der Waals surface area (Å²) in [6.45, 7) is 5.34. The van der Waals surface area contributed by atoms with Crippen LogP contribution in [-0.4, -0.2) is 203 Å². The average Bonchev–Trinajstić information content (AvgIpc) is 2.72. The van der Waals surface area contributed by atoms with E-state index in [2.05, 4.69) is 38.0 Å². The predicted molar refractivity (Wildman–Crippen MR) is 308 cm³/mol. The molecule has 1 unspecified atom stereocenters. The van der Waals surface area contributed by atoms with Crippen molar-refractivity contribution in [2.24, 2.45) is 5.92 Å². The Hall–Kier alpha value is -7.20. The molecule has 14 N–H and O–H groups in total. The first kappa shape index (κ1) is 66.3. The van der Waals surface area contributed by atoms with Crippen molar-refractivity contribution in [2.75, 3.05) is 26.8 Å². The number of rotatable bonds is 16. The minimum atomic E-state index is -4.32. The number of benzene rings is 4. The molecule has 3 saturated heterocycles. The molecule has 7 amide bonds. The molecule has 86 heavy (non-hydrogen) atoms. The molecule has 26 nitrogen and oxygen atoms in total. The highest BCUT2D eigenvalue weighted by Crippen LogP contribution is 2.39. The van der Waals surface area contributed by atoms with E-state index in [1.165, 1.54) is 19.1 Å². The normalized spacial score (nSPS) is 27.6. The highest BCUT2D eigenvalue weighted by molar-refractivity contribution is 7.61. The second-order valence-corrected chi connectivity index (χ2v) is 23.9. The minimum Gasteiger partial charge on any atom is -0.494 e. The Kier molecular flexibility index (Phi) is 22.4. The highest BCUT2D eigenvalue weighted by atomic mass is 31.2. The topological polar surface area (TPSA) is 404 Å². The number of nitrogens with zero attached hydrogens (tertiary/aromatic N) is 2. The van der Waals surface area contributed by atoms with Gasteiger partial charge in [0.1, 0.15) is 60.3 Å². The van der Waals surface area contributed by atoms with Crippen LogP contribution in [0.3, 0.4) is 0 Å². The number of carbonyl (C=O) groups is 7. The van der Waals surface area contributed by atoms with Crippen molar-refractivity contribution in [3.63, 3.8) is 0 Å². The molecule has 0 spiro atoms. The summed E-state index contributed by atoms with van der Waals surface area (Å²) in [4.78, 5) is 112. The zero-order valence-corrected chi connectivity index (χ0v) is 48.9. The van der Waals surface area contributed by atoms with Crippen LogP contribution in [0, 0.1) is 5.92 Å². The number of aliphatic hydroxyl groups is 8. The van der Waals surface area contributed by atoms with E-state index >= 15 is 0 Å². The fraction of sp³-hybridized carbons (Fsp3) is 0.475. The Bertz CT molecular complexity index is 3080. The minimum absolute atomic E-state index is 0.00405. The van der Waals surface area contributed by atoms with Gasteiger partial charge in [0.2, 0.25) is 35.4 Å². The molecule has 0 aliphatic carbocycles. The third-order valence-corrected chi connectivity index (χ3v) is 17.1. The lowest BCUT2D eigenvalue weighted by Gasteiger charge is -2.34. The number of amides is 7. The third-order valence-electron chi connectivity index (χ3n) is 15.6. The van der Waals surface area contributed by atoms with E-state index in [4.69, 9.17) is 4.74 Å². The summed E-state index contributed by atoms with van der Waals surface area (Å²) in [5.74, 6) is -8.70. The summed E-state index contributed by atoms with van der Waals surface area (Å²) in [7, 11) is -3.34. The quantitative estimate of drug-likeness (QED) is 0.0464. The number of unbranched alkanes of at least 4 members (excludes halogenated alkanes) is 2. The van der Waals surface area contributed by atoms with Crippen LogP contribution in [0.1, 0.15) is 81.8 Å². The van der Waals surface area contributed by atoms with Gasteiger partial charge in [-0.3, -0.25) is 38.1 Å². The second-order valence-electron chi connectivity index (χ2n) is 22.0. The number of ether oxygens (including phenoxy) is 1. The molecule has 466 valence electrons. The molecule has 4 aromatic rings. The van der Waals surface area contributed by atoms with Gasteiger partial charge in [-0.2, -0.15) is 0 Å². The summed E-state index contributed by atoms with van der Waals surface area (Å²) in [6, 6.07) is 14.0. The summed E-state index contributed by atoms with van der Waals surface area (Å²) >= 11 is 0. The number of hydrogen-bond acceptors (Lipinski definition) is 18. The fourth-order valence-electron chi connectivity index (χ4n) is 10.5. The molecular formula is C59H76N7O19P. The molecule has 3 heterocycles. The largest absolute Gasteiger partial charge is 0.494 e. The molecule has 0 saturated carbocycles. The lowest BCUT2D eigenvalue weighted by atomic mass is 9.97. The number of hydrogen-bond donors (Lipinski definition) is 14. The van der Waals surface area contributed by atoms with E-state index in [0.29, 0.717) is 12.2 Å². The number of aliphatic hydroxyl groups excluding tert-OH is 8. The standard InChI is InChI=1S/C59H76N7O19P/c1-6-7-8-25-85-40-21-17-36(18-22-40)34-11-9-33(10-12-34)35-13-15-38(16-14-35)52(74)60-42-27-44(70)55(77)64-57(79)48-49(71)30(2)28-66(48)59(81)46(32(4)68)62-56(78)47(51(73)50(72)37-19-23-41(24-20-37)86(82,83)84-5)63-54(76)43-26-39(69)29-65(43)58(80)45(31(3)67)61-53(42)75/h9-24,30-32,39,42-51,55,67-73,77H,6-8,25-29H2,1-5H3,(H,60,74)(H,61,75)(H,62,78)(H,63,76)(H,64,79)(H,82,83)/t30-,31+,32+,39+,42-,43-,44+,45-,46-,47-,48-,49-,50-,51-,55+/m0/s1. The lowest BCUT2D eigenvalue weighted by Crippen LogP contribution is -2.64. The van der Waals surface area contributed by atoms with Crippen LogP contribution in [0.25, 0.3) is 22.3 Å². The molecule has 27 heteroatoms. The van der Waals surface area contributed by atoms with Gasteiger partial charge >= 0.3 is 7.60 Å². The second kappa shape index (κ2) is 29.0. The van der Waals surface area contributed by atoms with Gasteiger partial charge in [0, 0.05) is 44.5 Å². The molecule has 4 aromatic carbocycles. The van der Waals surface area contributed by atoms with Crippen molar-refractivity contribution >= 4 is 54.3 Å². The summed E-state index contributed by atoms with van der Waals surface area (Å²) in [5.41, 5.74) is 3.21. The molecular weight excluding hydrogens is 1140 g/mol. The molecule has 0 bridgehead atoms. The van der Waals surface area contributed by atoms with E-state index in [1.807, 2.05) is 48.5 Å². The maximum Gasteiger partial charge on any atom is 0.358 e. The van der Waals surface area contributed by atoms with Gasteiger partial charge in [-0.25, -0.2) is 0 Å². The third kappa shape index (κ3) is 15.7. The summed E-state index contributed by atoms with van der Waals surface area (Å²) in [5, 5.41) is 102. The van der Waals surface area contributed by atoms with E-state index in [9.17, 15) is 83.9 Å². The Morgan fingerprint density at radius 2 is 1.19 bits per heavy atom. The van der Waals surface area contributed by atoms with E-state index in [1.54, 1.807) is 12.1 Å². The van der Waals surface area contributed by atoms with Crippen LogP contribution in [0.2, 0.25) is 0 Å². The first-order valence-corrected chi connectivity index (χ1v) is 29.8. The molecule has 0 aromatic heterocycles. The Morgan fingerprint density at radius 3 is 1.73 bits per heavy atom. The van der Waals surface area contributed by atoms with Crippen molar-refractivity contribution in [1.82, 2.24) is 36.4 Å². The summed E-state index contributed by atoms with van der Waals surface area (Å²) in [6.07, 6.45) is -14.1. The number of carbonyl (C=O) groups excluding carboxylic acids is 7. The first-order valence-electron chi connectivity index (χ1n) is 28.3. The zero-order chi connectivity index (χ0) is 62.9. The fourth-order valence-corrected chi connectivity index (χ4v) is 11.3. The highest BCUT2D eigenvalue weighted by Gasteiger charge is 2.50. The van der Waals surface area contributed by atoms with Crippen molar-refractivity contribution in [1.29, 1.82) is 0 Å². The van der Waals surface area contributed by atoms with Gasteiger partial charge < -0.3 is 91.4 Å². The van der Waals surface area contributed by atoms with Crippen LogP contribution in [0.4, 0.5) is 0 Å². The Morgan fingerprint density at radius 1 is 0.663 bits per heavy atom. The van der Waals surface area contributed by atoms with E-state index in [-0.39, 0.29) is 16.4 Å². The van der Waals surface area contributed by atoms with Gasteiger partial charge in [0.05, 0.1) is 36.3 Å². The molecule has 0 radical (unpaired) electrons. The molecule has 16 atom stereocenters. The maximum atomic E-state index is 14.5. The monoisotopic (exact) mass is 1220 g/mol. The lowest BCUT2D eigenvalue weighted by molar-refractivity contribution is -0.148. The van der Waals surface area contributed by atoms with Gasteiger partial charge in [-0.1, -0.05) is 87.4 Å². The Labute approximate surface area is 496 Å².